The van der Waals surface area contributed by atoms with Crippen molar-refractivity contribution in [3.05, 3.63) is 29.6 Å². The van der Waals surface area contributed by atoms with Crippen LogP contribution in [0, 0.1) is 6.92 Å². The van der Waals surface area contributed by atoms with Crippen molar-refractivity contribution in [2.24, 2.45) is 0 Å². The molecule has 1 aromatic carbocycles. The van der Waals surface area contributed by atoms with E-state index in [1.165, 1.54) is 56.9 Å². The largest absolute Gasteiger partial charge is 0.412 e. The number of aryl methyl sites for hydroxylation is 2. The van der Waals surface area contributed by atoms with E-state index in [-0.39, 0.29) is 0 Å². The lowest BCUT2D eigenvalue weighted by Crippen LogP contribution is -2.16. The van der Waals surface area contributed by atoms with Gasteiger partial charge in [0.15, 0.2) is 0 Å². The summed E-state index contributed by atoms with van der Waals surface area (Å²) >= 11 is 0. The number of hydrogen-bond acceptors (Lipinski definition) is 2. The molecule has 0 bridgehead atoms. The molecule has 0 atom stereocenters. The molecule has 134 valence electrons. The zero-order valence-electron chi connectivity index (χ0n) is 15.8. The number of hydrogen-bond donors (Lipinski definition) is 0. The highest BCUT2D eigenvalue weighted by Gasteiger charge is 2.13. The normalized spacial score (nSPS) is 11.3. The number of aromatic nitrogens is 2. The van der Waals surface area contributed by atoms with E-state index in [4.69, 9.17) is 9.82 Å². The number of fused-ring (bicyclic) bond motifs is 1. The first-order valence-corrected chi connectivity index (χ1v) is 9.88. The van der Waals surface area contributed by atoms with Crippen LogP contribution in [0.25, 0.3) is 11.0 Å². The van der Waals surface area contributed by atoms with Crippen molar-refractivity contribution in [2.45, 2.75) is 85.0 Å². The van der Waals surface area contributed by atoms with E-state index in [0.717, 1.165) is 36.3 Å². The average Bonchev–Trinajstić information content (AvgIpc) is 2.94. The summed E-state index contributed by atoms with van der Waals surface area (Å²) in [7, 11) is 0. The van der Waals surface area contributed by atoms with Crippen LogP contribution in [0.1, 0.15) is 83.0 Å². The fourth-order valence-electron chi connectivity index (χ4n) is 3.14. The van der Waals surface area contributed by atoms with Crippen LogP contribution in [0.4, 0.5) is 0 Å². The fraction of sp³-hybridized carbons (Fsp3) is 0.667. The molecule has 0 N–H and O–H groups in total. The molecule has 0 saturated heterocycles. The Morgan fingerprint density at radius 2 is 1.62 bits per heavy atom. The number of para-hydroxylation sites is 1. The van der Waals surface area contributed by atoms with Gasteiger partial charge in [0, 0.05) is 6.42 Å². The molecule has 0 unspecified atom stereocenters. The van der Waals surface area contributed by atoms with E-state index in [9.17, 15) is 0 Å². The number of rotatable bonds is 12. The molecule has 0 spiro atoms. The van der Waals surface area contributed by atoms with Crippen molar-refractivity contribution in [1.82, 2.24) is 9.71 Å². The first-order valence-electron chi connectivity index (χ1n) is 9.88. The van der Waals surface area contributed by atoms with E-state index in [0.29, 0.717) is 0 Å². The number of nitrogens with zero attached hydrogens (tertiary/aromatic N) is 2. The van der Waals surface area contributed by atoms with Gasteiger partial charge in [0.1, 0.15) is 17.9 Å². The van der Waals surface area contributed by atoms with Crippen LogP contribution < -0.4 is 4.84 Å². The Labute approximate surface area is 147 Å². The van der Waals surface area contributed by atoms with Gasteiger partial charge < -0.3 is 4.84 Å². The van der Waals surface area contributed by atoms with E-state index in [1.54, 1.807) is 0 Å². The van der Waals surface area contributed by atoms with E-state index in [2.05, 4.69) is 39.0 Å². The van der Waals surface area contributed by atoms with Crippen LogP contribution >= 0.6 is 0 Å². The smallest absolute Gasteiger partial charge is 0.146 e. The van der Waals surface area contributed by atoms with Gasteiger partial charge in [-0.1, -0.05) is 64.5 Å². The maximum Gasteiger partial charge on any atom is 0.146 e. The predicted octanol–water partition coefficient (Wildman–Crippen LogP) is 5.87. The first-order chi connectivity index (χ1) is 11.8. The average molecular weight is 331 g/mol. The summed E-state index contributed by atoms with van der Waals surface area (Å²) in [6.45, 7) is 7.41. The van der Waals surface area contributed by atoms with Crippen LogP contribution in [-0.2, 0) is 6.42 Å². The van der Waals surface area contributed by atoms with Gasteiger partial charge in [-0.3, -0.25) is 0 Å². The molecule has 24 heavy (non-hydrogen) atoms. The zero-order valence-corrected chi connectivity index (χ0v) is 15.8. The molecular formula is C21H34N2O. The third kappa shape index (κ3) is 5.25. The van der Waals surface area contributed by atoms with Gasteiger partial charge in [-0.25, -0.2) is 4.98 Å². The molecule has 2 aromatic rings. The van der Waals surface area contributed by atoms with Gasteiger partial charge in [0.05, 0.1) is 5.52 Å². The Kier molecular flexibility index (Phi) is 8.14. The van der Waals surface area contributed by atoms with Gasteiger partial charge in [0.25, 0.3) is 0 Å². The maximum absolute atomic E-state index is 6.14. The second-order valence-corrected chi connectivity index (χ2v) is 6.82. The van der Waals surface area contributed by atoms with E-state index < -0.39 is 0 Å². The lowest BCUT2D eigenvalue weighted by molar-refractivity contribution is 0.108. The summed E-state index contributed by atoms with van der Waals surface area (Å²) in [4.78, 5) is 11.0. The summed E-state index contributed by atoms with van der Waals surface area (Å²) in [5, 5.41) is 0. The highest BCUT2D eigenvalue weighted by Crippen LogP contribution is 2.20. The van der Waals surface area contributed by atoms with Gasteiger partial charge in [-0.2, -0.15) is 4.73 Å². The Hall–Kier alpha value is -1.51. The molecule has 0 saturated carbocycles. The van der Waals surface area contributed by atoms with Crippen LogP contribution in [0.3, 0.4) is 0 Å². The molecule has 2 rings (SSSR count). The minimum Gasteiger partial charge on any atom is -0.412 e. The number of imidazole rings is 1. The second kappa shape index (κ2) is 10.4. The van der Waals surface area contributed by atoms with Crippen molar-refractivity contribution in [2.75, 3.05) is 6.61 Å². The van der Waals surface area contributed by atoms with Crippen molar-refractivity contribution < 1.29 is 4.84 Å². The molecule has 1 aromatic heterocycles. The SMILES string of the molecule is CCCCCCCOn1c(CCCCCC)nc2c(C)cccc21. The van der Waals surface area contributed by atoms with Crippen LogP contribution in [0.5, 0.6) is 0 Å². The summed E-state index contributed by atoms with van der Waals surface area (Å²) in [6.07, 6.45) is 12.3. The Bertz CT molecular complexity index is 603. The molecule has 0 aliphatic carbocycles. The maximum atomic E-state index is 6.14. The molecule has 1 heterocycles. The summed E-state index contributed by atoms with van der Waals surface area (Å²) in [5.74, 6) is 1.09. The summed E-state index contributed by atoms with van der Waals surface area (Å²) < 4.78 is 2.01. The Morgan fingerprint density at radius 3 is 2.38 bits per heavy atom. The van der Waals surface area contributed by atoms with Crippen molar-refractivity contribution in [3.8, 4) is 0 Å². The lowest BCUT2D eigenvalue weighted by Gasteiger charge is -2.11. The lowest BCUT2D eigenvalue weighted by atomic mass is 10.1. The molecule has 3 nitrogen and oxygen atoms in total. The topological polar surface area (TPSA) is 27.1 Å². The molecule has 0 amide bonds. The van der Waals surface area contributed by atoms with Crippen molar-refractivity contribution in [1.29, 1.82) is 0 Å². The van der Waals surface area contributed by atoms with Gasteiger partial charge in [-0.15, -0.1) is 0 Å². The Morgan fingerprint density at radius 1 is 0.917 bits per heavy atom. The molecule has 0 fully saturated rings. The fourth-order valence-corrected chi connectivity index (χ4v) is 3.14. The van der Waals surface area contributed by atoms with Gasteiger partial charge in [0.2, 0.25) is 0 Å². The second-order valence-electron chi connectivity index (χ2n) is 6.82. The van der Waals surface area contributed by atoms with Gasteiger partial charge >= 0.3 is 0 Å². The van der Waals surface area contributed by atoms with Crippen molar-refractivity contribution >= 4 is 11.0 Å². The summed E-state index contributed by atoms with van der Waals surface area (Å²) in [5.41, 5.74) is 3.44. The minimum atomic E-state index is 0.783. The number of benzene rings is 1. The zero-order chi connectivity index (χ0) is 17.2. The minimum absolute atomic E-state index is 0.783. The predicted molar refractivity (Wildman–Crippen MR) is 103 cm³/mol. The molecule has 0 aliphatic heterocycles. The monoisotopic (exact) mass is 330 g/mol. The third-order valence-electron chi connectivity index (χ3n) is 4.63. The van der Waals surface area contributed by atoms with Crippen LogP contribution in [0.15, 0.2) is 18.2 Å². The third-order valence-corrected chi connectivity index (χ3v) is 4.63. The highest BCUT2D eigenvalue weighted by atomic mass is 16.7. The Balaban J connectivity index is 2.02. The van der Waals surface area contributed by atoms with E-state index in [1.807, 2.05) is 4.73 Å². The number of unbranched alkanes of at least 4 members (excludes halogenated alkanes) is 7. The molecule has 0 radical (unpaired) electrons. The standard InChI is InChI=1S/C21H34N2O/c1-4-6-8-10-12-17-24-23-19-15-13-14-18(3)21(19)22-20(23)16-11-9-7-5-2/h13-15H,4-12,16-17H2,1-3H3. The molecule has 3 heteroatoms. The van der Waals surface area contributed by atoms with E-state index >= 15 is 0 Å². The van der Waals surface area contributed by atoms with Crippen LogP contribution in [-0.4, -0.2) is 16.3 Å². The quantitative estimate of drug-likeness (QED) is 0.455. The molecule has 0 aliphatic rings. The molecular weight excluding hydrogens is 296 g/mol. The van der Waals surface area contributed by atoms with Crippen LogP contribution in [0.2, 0.25) is 0 Å². The van der Waals surface area contributed by atoms with Gasteiger partial charge in [-0.05, 0) is 37.8 Å². The highest BCUT2D eigenvalue weighted by molar-refractivity contribution is 5.79. The first kappa shape index (κ1) is 18.8. The van der Waals surface area contributed by atoms with Crippen molar-refractivity contribution in [3.63, 3.8) is 0 Å². The summed E-state index contributed by atoms with van der Waals surface area (Å²) in [6, 6.07) is 6.36.